The number of carbonyl (C=O) groups is 2. The Hall–Kier alpha value is -3.13. The van der Waals surface area contributed by atoms with E-state index in [0.717, 1.165) is 5.69 Å². The second-order valence-corrected chi connectivity index (χ2v) is 8.70. The Morgan fingerprint density at radius 2 is 1.94 bits per heavy atom. The minimum atomic E-state index is -0.718. The molecule has 1 aliphatic heterocycles. The van der Waals surface area contributed by atoms with Gasteiger partial charge < -0.3 is 19.6 Å². The number of Topliss-reactive ketones (excluding diaryl/α,β-unsaturated/α-hetero) is 1. The van der Waals surface area contributed by atoms with E-state index >= 15 is 0 Å². The molecule has 1 aromatic carbocycles. The normalized spacial score (nSPS) is 18.3. The monoisotopic (exact) mass is 440 g/mol. The zero-order chi connectivity index (χ0) is 23.7. The van der Waals surface area contributed by atoms with Crippen molar-refractivity contribution >= 4 is 17.4 Å². The van der Waals surface area contributed by atoms with Gasteiger partial charge in [-0.15, -0.1) is 0 Å². The van der Waals surface area contributed by atoms with Crippen molar-refractivity contribution in [3.05, 3.63) is 52.4 Å². The van der Waals surface area contributed by atoms with Gasteiger partial charge in [-0.25, -0.2) is 0 Å². The third-order valence-electron chi connectivity index (χ3n) is 5.62. The summed E-state index contributed by atoms with van der Waals surface area (Å²) in [5.41, 5.74) is 2.59. The minimum Gasteiger partial charge on any atom is -0.507 e. The molecule has 8 nitrogen and oxygen atoms in total. The zero-order valence-electron chi connectivity index (χ0n) is 19.8. The van der Waals surface area contributed by atoms with E-state index in [9.17, 15) is 14.7 Å². The number of ketones is 1. The molecule has 0 saturated carbocycles. The van der Waals surface area contributed by atoms with Crippen LogP contribution in [0.4, 0.5) is 0 Å². The highest BCUT2D eigenvalue weighted by molar-refractivity contribution is 6.46. The van der Waals surface area contributed by atoms with Crippen LogP contribution >= 0.6 is 0 Å². The van der Waals surface area contributed by atoms with Crippen LogP contribution in [0.5, 0.6) is 5.75 Å². The molecule has 3 rings (SSSR count). The van der Waals surface area contributed by atoms with E-state index in [2.05, 4.69) is 5.10 Å². The third kappa shape index (κ3) is 4.41. The van der Waals surface area contributed by atoms with Crippen LogP contribution < -0.4 is 4.74 Å². The van der Waals surface area contributed by atoms with Crippen molar-refractivity contribution in [3.8, 4) is 5.75 Å². The molecule has 0 radical (unpaired) electrons. The Bertz CT molecular complexity index is 1070. The molecule has 2 heterocycles. The summed E-state index contributed by atoms with van der Waals surface area (Å²) in [5.74, 6) is -0.861. The van der Waals surface area contributed by atoms with Gasteiger partial charge in [-0.05, 0) is 59.5 Å². The number of aliphatic hydroxyl groups excluding tert-OH is 1. The van der Waals surface area contributed by atoms with E-state index in [1.165, 1.54) is 4.90 Å². The summed E-state index contributed by atoms with van der Waals surface area (Å²) < 4.78 is 7.49. The lowest BCUT2D eigenvalue weighted by Gasteiger charge is -2.27. The fourth-order valence-electron chi connectivity index (χ4n) is 4.05. The van der Waals surface area contributed by atoms with Gasteiger partial charge in [-0.1, -0.05) is 12.1 Å². The molecule has 0 aliphatic carbocycles. The van der Waals surface area contributed by atoms with Gasteiger partial charge in [0.25, 0.3) is 11.7 Å². The lowest BCUT2D eigenvalue weighted by molar-refractivity contribution is -0.140. The first-order chi connectivity index (χ1) is 15.0. The molecule has 1 fully saturated rings. The molecule has 1 aromatic heterocycles. The SMILES string of the molecule is Cc1nn(C)c(C)c1/C(O)=C1\C(=O)C(=O)N(CCN(C)C)[C@H]1c1cccc(OC(C)C)c1. The van der Waals surface area contributed by atoms with E-state index in [-0.39, 0.29) is 17.4 Å². The number of aliphatic hydroxyl groups is 1. The summed E-state index contributed by atoms with van der Waals surface area (Å²) in [6.45, 7) is 8.39. The number of nitrogens with zero attached hydrogens (tertiary/aromatic N) is 4. The molecule has 2 aromatic rings. The summed E-state index contributed by atoms with van der Waals surface area (Å²) in [6.07, 6.45) is -0.0222. The molecule has 1 amide bonds. The van der Waals surface area contributed by atoms with Crippen molar-refractivity contribution in [2.24, 2.45) is 7.05 Å². The smallest absolute Gasteiger partial charge is 0.295 e. The molecular formula is C24H32N4O4. The second kappa shape index (κ2) is 9.16. The quantitative estimate of drug-likeness (QED) is 0.405. The molecular weight excluding hydrogens is 408 g/mol. The molecule has 1 aliphatic rings. The van der Waals surface area contributed by atoms with Crippen molar-refractivity contribution in [1.82, 2.24) is 19.6 Å². The Labute approximate surface area is 189 Å². The van der Waals surface area contributed by atoms with Crippen LogP contribution in [0.3, 0.4) is 0 Å². The summed E-state index contributed by atoms with van der Waals surface area (Å²) in [6, 6.07) is 6.63. The second-order valence-electron chi connectivity index (χ2n) is 8.70. The molecule has 0 unspecified atom stereocenters. The number of carbonyl (C=O) groups excluding carboxylic acids is 2. The van der Waals surface area contributed by atoms with E-state index in [0.29, 0.717) is 35.7 Å². The standard InChI is InChI=1S/C24H32N4O4/c1-14(2)32-18-10-8-9-17(13-18)21-20(22(29)19-15(3)25-27(7)16(19)4)23(30)24(31)28(21)12-11-26(5)6/h8-10,13-14,21,29H,11-12H2,1-7H3/b22-20+/t21-/m0/s1. The van der Waals surface area contributed by atoms with Crippen LogP contribution in [0, 0.1) is 13.8 Å². The van der Waals surface area contributed by atoms with Crippen LogP contribution in [0.15, 0.2) is 29.8 Å². The third-order valence-corrected chi connectivity index (χ3v) is 5.62. The van der Waals surface area contributed by atoms with Gasteiger partial charge in [-0.3, -0.25) is 14.3 Å². The molecule has 32 heavy (non-hydrogen) atoms. The van der Waals surface area contributed by atoms with E-state index < -0.39 is 17.7 Å². The fraction of sp³-hybridized carbons (Fsp3) is 0.458. The van der Waals surface area contributed by atoms with Gasteiger partial charge in [0.05, 0.1) is 29.0 Å². The number of hydrogen-bond acceptors (Lipinski definition) is 6. The molecule has 1 N–H and O–H groups in total. The highest BCUT2D eigenvalue weighted by atomic mass is 16.5. The van der Waals surface area contributed by atoms with E-state index in [4.69, 9.17) is 4.74 Å². The van der Waals surface area contributed by atoms with Crippen molar-refractivity contribution in [1.29, 1.82) is 0 Å². The maximum Gasteiger partial charge on any atom is 0.295 e. The average Bonchev–Trinajstić information content (AvgIpc) is 3.11. The largest absolute Gasteiger partial charge is 0.507 e. The van der Waals surface area contributed by atoms with Crippen LogP contribution in [-0.2, 0) is 16.6 Å². The molecule has 172 valence electrons. The highest BCUT2D eigenvalue weighted by Gasteiger charge is 2.46. The molecule has 0 spiro atoms. The maximum atomic E-state index is 13.2. The Morgan fingerprint density at radius 3 is 2.50 bits per heavy atom. The van der Waals surface area contributed by atoms with Crippen LogP contribution in [0.2, 0.25) is 0 Å². The van der Waals surface area contributed by atoms with Crippen molar-refractivity contribution in [3.63, 3.8) is 0 Å². The topological polar surface area (TPSA) is 87.9 Å². The summed E-state index contributed by atoms with van der Waals surface area (Å²) in [4.78, 5) is 29.7. The zero-order valence-corrected chi connectivity index (χ0v) is 19.8. The van der Waals surface area contributed by atoms with Gasteiger partial charge in [-0.2, -0.15) is 5.10 Å². The Morgan fingerprint density at radius 1 is 1.25 bits per heavy atom. The van der Waals surface area contributed by atoms with Crippen molar-refractivity contribution in [2.75, 3.05) is 27.2 Å². The first-order valence-electron chi connectivity index (χ1n) is 10.7. The Kier molecular flexibility index (Phi) is 6.74. The van der Waals surface area contributed by atoms with Gasteiger partial charge in [0.15, 0.2) is 0 Å². The molecule has 0 bridgehead atoms. The molecule has 8 heteroatoms. The number of rotatable bonds is 7. The molecule has 1 atom stereocenters. The number of hydrogen-bond donors (Lipinski definition) is 1. The van der Waals surface area contributed by atoms with E-state index in [1.54, 1.807) is 18.7 Å². The first kappa shape index (κ1) is 23.5. The summed E-state index contributed by atoms with van der Waals surface area (Å²) in [5, 5.41) is 15.7. The number of benzene rings is 1. The number of amides is 1. The average molecular weight is 441 g/mol. The van der Waals surface area contributed by atoms with Crippen LogP contribution in [0.1, 0.15) is 42.4 Å². The number of aromatic nitrogens is 2. The van der Waals surface area contributed by atoms with Gasteiger partial charge >= 0.3 is 0 Å². The number of ether oxygens (including phenoxy) is 1. The predicted molar refractivity (Wildman–Crippen MR) is 122 cm³/mol. The number of likely N-dealkylation sites (tertiary alicyclic amines) is 1. The fourth-order valence-corrected chi connectivity index (χ4v) is 4.05. The highest BCUT2D eigenvalue weighted by Crippen LogP contribution is 2.41. The molecule has 1 saturated heterocycles. The predicted octanol–water partition coefficient (Wildman–Crippen LogP) is 2.81. The van der Waals surface area contributed by atoms with Crippen molar-refractivity contribution < 1.29 is 19.4 Å². The number of aryl methyl sites for hydroxylation is 2. The van der Waals surface area contributed by atoms with Gasteiger partial charge in [0.2, 0.25) is 0 Å². The summed E-state index contributed by atoms with van der Waals surface area (Å²) >= 11 is 0. The Balaban J connectivity index is 2.20. The van der Waals surface area contributed by atoms with Gasteiger partial charge in [0.1, 0.15) is 11.5 Å². The van der Waals surface area contributed by atoms with Crippen molar-refractivity contribution in [2.45, 2.75) is 39.8 Å². The number of likely N-dealkylation sites (N-methyl/N-ethyl adjacent to an activating group) is 1. The summed E-state index contributed by atoms with van der Waals surface area (Å²) in [7, 11) is 5.59. The lowest BCUT2D eigenvalue weighted by atomic mass is 9.94. The lowest BCUT2D eigenvalue weighted by Crippen LogP contribution is -2.35. The van der Waals surface area contributed by atoms with Crippen LogP contribution in [-0.4, -0.2) is 69.7 Å². The van der Waals surface area contributed by atoms with Crippen LogP contribution in [0.25, 0.3) is 5.76 Å². The van der Waals surface area contributed by atoms with Gasteiger partial charge in [0, 0.05) is 25.8 Å². The minimum absolute atomic E-state index is 0.0222. The maximum absolute atomic E-state index is 13.2. The van der Waals surface area contributed by atoms with E-state index in [1.807, 2.05) is 64.0 Å². The first-order valence-corrected chi connectivity index (χ1v) is 10.7.